The average molecular weight is 238 g/mol. The molecule has 0 aliphatic carbocycles. The maximum atomic E-state index is 12.1. The molecule has 15 heavy (non-hydrogen) atoms. The third-order valence-corrected chi connectivity index (χ3v) is 2.57. The van der Waals surface area contributed by atoms with E-state index in [0.717, 1.165) is 12.8 Å². The second kappa shape index (κ2) is 7.15. The fourth-order valence-electron chi connectivity index (χ4n) is 1.17. The molecule has 5 heteroatoms. The van der Waals surface area contributed by atoms with Gasteiger partial charge >= 0.3 is 7.91 Å². The minimum absolute atomic E-state index is 0.000264. The Labute approximate surface area is 91.0 Å². The van der Waals surface area contributed by atoms with Gasteiger partial charge in [-0.05, 0) is 39.0 Å². The molecular formula is C10H20FO3P. The molecule has 2 unspecified atom stereocenters. The molecular weight excluding hydrogens is 218 g/mol. The average Bonchev–Trinajstić information content (AvgIpc) is 2.00. The van der Waals surface area contributed by atoms with Crippen LogP contribution in [0.1, 0.15) is 40.0 Å². The molecule has 90 valence electrons. The van der Waals surface area contributed by atoms with Crippen LogP contribution in [0.4, 0.5) is 4.20 Å². The predicted molar refractivity (Wildman–Crippen MR) is 59.3 cm³/mol. The number of halogens is 1. The smallest absolute Gasteiger partial charge is 0.299 e. The Kier molecular flexibility index (Phi) is 7.07. The number of allylic oxidation sites excluding steroid dienone is 2. The summed E-state index contributed by atoms with van der Waals surface area (Å²) in [4.78, 5) is 8.24. The Morgan fingerprint density at radius 1 is 1.53 bits per heavy atom. The molecule has 0 rings (SSSR count). The van der Waals surface area contributed by atoms with Gasteiger partial charge < -0.3 is 0 Å². The Morgan fingerprint density at radius 3 is 2.60 bits per heavy atom. The monoisotopic (exact) mass is 238 g/mol. The van der Waals surface area contributed by atoms with Crippen LogP contribution in [0.15, 0.2) is 11.6 Å². The van der Waals surface area contributed by atoms with Crippen molar-refractivity contribution < 1.29 is 18.2 Å². The lowest BCUT2D eigenvalue weighted by Gasteiger charge is -2.10. The van der Waals surface area contributed by atoms with Gasteiger partial charge in [-0.1, -0.05) is 18.6 Å². The Balaban J connectivity index is 3.54. The van der Waals surface area contributed by atoms with E-state index < -0.39 is 7.91 Å². The molecule has 0 aliphatic heterocycles. The van der Waals surface area contributed by atoms with E-state index in [2.05, 4.69) is 10.6 Å². The van der Waals surface area contributed by atoms with Gasteiger partial charge in [0, 0.05) is 0 Å². The Morgan fingerprint density at radius 2 is 2.13 bits per heavy atom. The minimum Gasteiger partial charge on any atom is -0.299 e. The molecule has 0 radical (unpaired) electrons. The molecule has 2 atom stereocenters. The van der Waals surface area contributed by atoms with Crippen molar-refractivity contribution in [2.24, 2.45) is 5.92 Å². The van der Waals surface area contributed by atoms with Crippen molar-refractivity contribution in [3.8, 4) is 0 Å². The second-order valence-corrected chi connectivity index (χ2v) is 5.20. The van der Waals surface area contributed by atoms with E-state index in [1.54, 1.807) is 0 Å². The zero-order chi connectivity index (χ0) is 11.9. The van der Waals surface area contributed by atoms with Gasteiger partial charge in [-0.15, -0.1) is 4.20 Å². The first kappa shape index (κ1) is 14.8. The highest BCUT2D eigenvalue weighted by atomic mass is 31.2. The summed E-state index contributed by atoms with van der Waals surface area (Å²) in [5, 5.41) is 0. The first-order valence-corrected chi connectivity index (χ1v) is 6.58. The normalized spacial score (nSPS) is 16.9. The Bertz CT molecular complexity index is 243. The fourth-order valence-corrected chi connectivity index (χ4v) is 1.50. The molecule has 0 fully saturated rings. The second-order valence-electron chi connectivity index (χ2n) is 4.04. The van der Waals surface area contributed by atoms with Gasteiger partial charge in [-0.25, -0.2) is 4.57 Å². The lowest BCUT2D eigenvalue weighted by molar-refractivity contribution is 0.210. The van der Waals surface area contributed by atoms with Crippen molar-refractivity contribution in [2.45, 2.75) is 40.0 Å². The van der Waals surface area contributed by atoms with E-state index in [9.17, 15) is 8.76 Å². The summed E-state index contributed by atoms with van der Waals surface area (Å²) in [6.07, 6.45) is 4.71. The topological polar surface area (TPSA) is 46.5 Å². The Hall–Kier alpha value is -0.180. The van der Waals surface area contributed by atoms with Crippen LogP contribution in [0, 0.1) is 5.92 Å². The number of hydrogen-bond acceptors (Lipinski definition) is 2. The quantitative estimate of drug-likeness (QED) is 0.541. The molecule has 0 heterocycles. The molecule has 0 spiro atoms. The maximum absolute atomic E-state index is 12.1. The molecule has 0 aromatic rings. The standard InChI is InChI=1S/C10H20FO3P/c1-9(2)5-4-6-10(3)7-8-14-15(11,12)13/h5,10H,4,6-8H2,1-3H3,(H,12,13). The van der Waals surface area contributed by atoms with E-state index in [-0.39, 0.29) is 6.61 Å². The molecule has 0 aromatic carbocycles. The number of hydrogen-bond donors (Lipinski definition) is 1. The van der Waals surface area contributed by atoms with Crippen LogP contribution < -0.4 is 0 Å². The van der Waals surface area contributed by atoms with Crippen LogP contribution >= 0.6 is 7.91 Å². The lowest BCUT2D eigenvalue weighted by Crippen LogP contribution is -1.99. The van der Waals surface area contributed by atoms with E-state index in [1.165, 1.54) is 5.57 Å². The van der Waals surface area contributed by atoms with Crippen LogP contribution in [0.5, 0.6) is 0 Å². The first-order chi connectivity index (χ1) is 6.81. The fraction of sp³-hybridized carbons (Fsp3) is 0.800. The van der Waals surface area contributed by atoms with Gasteiger partial charge in [-0.2, -0.15) is 0 Å². The van der Waals surface area contributed by atoms with Crippen molar-refractivity contribution in [3.63, 3.8) is 0 Å². The molecule has 0 aliphatic rings. The summed E-state index contributed by atoms with van der Waals surface area (Å²) in [5.41, 5.74) is 1.28. The minimum atomic E-state index is -4.78. The van der Waals surface area contributed by atoms with Crippen molar-refractivity contribution in [3.05, 3.63) is 11.6 Å². The van der Waals surface area contributed by atoms with E-state index in [1.807, 2.05) is 20.8 Å². The predicted octanol–water partition coefficient (Wildman–Crippen LogP) is 3.85. The van der Waals surface area contributed by atoms with E-state index in [0.29, 0.717) is 12.3 Å². The van der Waals surface area contributed by atoms with Gasteiger partial charge in [0.25, 0.3) is 0 Å². The highest BCUT2D eigenvalue weighted by Crippen LogP contribution is 2.43. The third-order valence-electron chi connectivity index (χ3n) is 2.07. The van der Waals surface area contributed by atoms with Crippen molar-refractivity contribution in [2.75, 3.05) is 6.61 Å². The van der Waals surface area contributed by atoms with E-state index in [4.69, 9.17) is 4.89 Å². The van der Waals surface area contributed by atoms with Gasteiger partial charge in [0.05, 0.1) is 6.61 Å². The summed E-state index contributed by atoms with van der Waals surface area (Å²) >= 11 is 0. The molecule has 0 saturated heterocycles. The van der Waals surface area contributed by atoms with Crippen LogP contribution in [0.2, 0.25) is 0 Å². The van der Waals surface area contributed by atoms with Gasteiger partial charge in [0.2, 0.25) is 0 Å². The highest BCUT2D eigenvalue weighted by Gasteiger charge is 2.16. The molecule has 3 nitrogen and oxygen atoms in total. The molecule has 0 bridgehead atoms. The van der Waals surface area contributed by atoms with Gasteiger partial charge in [0.15, 0.2) is 0 Å². The van der Waals surface area contributed by atoms with Gasteiger partial charge in [0.1, 0.15) is 0 Å². The largest absolute Gasteiger partial charge is 0.510 e. The molecule has 0 saturated carbocycles. The van der Waals surface area contributed by atoms with Gasteiger partial charge in [-0.3, -0.25) is 9.42 Å². The SMILES string of the molecule is CC(C)=CCCC(C)CCOP(=O)(O)F. The summed E-state index contributed by atoms with van der Waals surface area (Å²) in [5.74, 6) is 0.368. The van der Waals surface area contributed by atoms with Crippen LogP contribution in [-0.2, 0) is 9.09 Å². The van der Waals surface area contributed by atoms with Crippen LogP contribution in [-0.4, -0.2) is 11.5 Å². The van der Waals surface area contributed by atoms with Crippen LogP contribution in [0.3, 0.4) is 0 Å². The summed E-state index contributed by atoms with van der Waals surface area (Å²) in [6.45, 7) is 6.10. The third kappa shape index (κ3) is 11.7. The summed E-state index contributed by atoms with van der Waals surface area (Å²) < 4.78 is 26.4. The summed E-state index contributed by atoms with van der Waals surface area (Å²) in [7, 11) is -4.78. The molecule has 0 aromatic heterocycles. The highest BCUT2D eigenvalue weighted by molar-refractivity contribution is 7.46. The van der Waals surface area contributed by atoms with Crippen molar-refractivity contribution >= 4 is 7.91 Å². The van der Waals surface area contributed by atoms with Crippen molar-refractivity contribution in [1.82, 2.24) is 0 Å². The lowest BCUT2D eigenvalue weighted by atomic mass is 10.0. The molecule has 1 N–H and O–H groups in total. The zero-order valence-corrected chi connectivity index (χ0v) is 10.5. The van der Waals surface area contributed by atoms with Crippen LogP contribution in [0.25, 0.3) is 0 Å². The van der Waals surface area contributed by atoms with Crippen molar-refractivity contribution in [1.29, 1.82) is 0 Å². The maximum Gasteiger partial charge on any atom is 0.510 e. The van der Waals surface area contributed by atoms with E-state index >= 15 is 0 Å². The number of rotatable bonds is 7. The summed E-state index contributed by atoms with van der Waals surface area (Å²) in [6, 6.07) is 0. The molecule has 0 amide bonds. The first-order valence-electron chi connectivity index (χ1n) is 5.11. The zero-order valence-electron chi connectivity index (χ0n) is 9.57.